The van der Waals surface area contributed by atoms with Gasteiger partial charge in [0.15, 0.2) is 11.6 Å². The smallest absolute Gasteiger partial charge is 0.165 e. The minimum atomic E-state index is -0.293. The monoisotopic (exact) mass is 379 g/mol. The van der Waals surface area contributed by atoms with Gasteiger partial charge in [0.2, 0.25) is 0 Å². The molecule has 1 aliphatic heterocycles. The van der Waals surface area contributed by atoms with Crippen molar-refractivity contribution in [2.45, 2.75) is 30.7 Å². The molecule has 0 bridgehead atoms. The summed E-state index contributed by atoms with van der Waals surface area (Å²) in [6.45, 7) is 0.899. The zero-order valence-electron chi connectivity index (χ0n) is 14.3. The lowest BCUT2D eigenvalue weighted by Crippen LogP contribution is -2.39. The van der Waals surface area contributed by atoms with E-state index in [2.05, 4.69) is 11.9 Å². The zero-order chi connectivity index (χ0) is 17.8. The number of nitrogens with zero attached hydrogens (tertiary/aromatic N) is 1. The number of hydrogen-bond donors (Lipinski definition) is 0. The van der Waals surface area contributed by atoms with Crippen LogP contribution < -0.4 is 4.74 Å². The number of halogens is 3. The van der Waals surface area contributed by atoms with Crippen LogP contribution in [-0.2, 0) is 11.8 Å². The number of likely N-dealkylation sites (N-methyl/N-ethyl adjacent to an activating group) is 1. The third-order valence-corrected chi connectivity index (χ3v) is 6.21. The molecule has 1 unspecified atom stereocenters. The Morgan fingerprint density at radius 3 is 2.60 bits per heavy atom. The van der Waals surface area contributed by atoms with Gasteiger partial charge in [0.25, 0.3) is 0 Å². The second kappa shape index (κ2) is 6.15. The summed E-state index contributed by atoms with van der Waals surface area (Å²) in [5, 5.41) is 1.35. The first kappa shape index (κ1) is 17.1. The van der Waals surface area contributed by atoms with Crippen LogP contribution in [-0.4, -0.2) is 25.6 Å². The summed E-state index contributed by atoms with van der Waals surface area (Å²) in [5.74, 6) is 0.0102. The number of benzene rings is 2. The lowest BCUT2D eigenvalue weighted by atomic mass is 9.78. The quantitative estimate of drug-likeness (QED) is 0.707. The zero-order valence-corrected chi connectivity index (χ0v) is 15.8. The Kier molecular flexibility index (Phi) is 4.22. The molecule has 1 atom stereocenters. The highest BCUT2D eigenvalue weighted by atomic mass is 35.5. The van der Waals surface area contributed by atoms with E-state index in [1.54, 1.807) is 6.07 Å². The average molecular weight is 380 g/mol. The molecule has 1 saturated carbocycles. The van der Waals surface area contributed by atoms with Gasteiger partial charge in [-0.05, 0) is 67.3 Å². The normalized spacial score (nSPS) is 21.7. The van der Waals surface area contributed by atoms with Crippen LogP contribution in [0.4, 0.5) is 4.39 Å². The van der Waals surface area contributed by atoms with Crippen molar-refractivity contribution >= 4 is 23.2 Å². The molecule has 0 radical (unpaired) electrons. The maximum Gasteiger partial charge on any atom is 0.165 e. The number of ether oxygens (including phenoxy) is 1. The molecule has 0 saturated heterocycles. The van der Waals surface area contributed by atoms with Crippen LogP contribution in [0.1, 0.15) is 35.6 Å². The van der Waals surface area contributed by atoms with Crippen molar-refractivity contribution in [3.8, 4) is 5.75 Å². The third kappa shape index (κ3) is 2.73. The molecule has 1 aliphatic carbocycles. The predicted molar refractivity (Wildman–Crippen MR) is 99.4 cm³/mol. The summed E-state index contributed by atoms with van der Waals surface area (Å²) in [6.07, 6.45) is 2.96. The first-order chi connectivity index (χ1) is 12.0. The average Bonchev–Trinajstić information content (AvgIpc) is 3.35. The van der Waals surface area contributed by atoms with Gasteiger partial charge in [0, 0.05) is 28.0 Å². The second-order valence-corrected chi connectivity index (χ2v) is 7.94. The van der Waals surface area contributed by atoms with Crippen molar-refractivity contribution in [3.63, 3.8) is 0 Å². The van der Waals surface area contributed by atoms with Crippen molar-refractivity contribution in [3.05, 3.63) is 62.9 Å². The molecule has 2 nitrogen and oxygen atoms in total. The fourth-order valence-electron chi connectivity index (χ4n) is 4.34. The molecule has 1 fully saturated rings. The van der Waals surface area contributed by atoms with Crippen LogP contribution in [0.15, 0.2) is 30.3 Å². The van der Waals surface area contributed by atoms with Gasteiger partial charge >= 0.3 is 0 Å². The summed E-state index contributed by atoms with van der Waals surface area (Å²) in [4.78, 5) is 2.36. The molecule has 4 rings (SSSR count). The molecule has 0 N–H and O–H groups in total. The van der Waals surface area contributed by atoms with E-state index in [1.165, 1.54) is 7.11 Å². The van der Waals surface area contributed by atoms with Gasteiger partial charge in [-0.15, -0.1) is 0 Å². The van der Waals surface area contributed by atoms with Gasteiger partial charge in [-0.2, -0.15) is 0 Å². The Balaban J connectivity index is 1.85. The fourth-order valence-corrected chi connectivity index (χ4v) is 4.94. The molecule has 132 valence electrons. The van der Waals surface area contributed by atoms with Crippen LogP contribution in [0.3, 0.4) is 0 Å². The number of fused-ring (bicyclic) bond motifs is 1. The van der Waals surface area contributed by atoms with Crippen LogP contribution in [0.25, 0.3) is 0 Å². The van der Waals surface area contributed by atoms with E-state index in [0.29, 0.717) is 15.8 Å². The van der Waals surface area contributed by atoms with Crippen molar-refractivity contribution in [2.75, 3.05) is 20.7 Å². The number of rotatable bonds is 3. The number of hydrogen-bond acceptors (Lipinski definition) is 2. The summed E-state index contributed by atoms with van der Waals surface area (Å²) in [5.41, 5.74) is 3.30. The Bertz CT molecular complexity index is 835. The lowest BCUT2D eigenvalue weighted by Gasteiger charge is -2.41. The molecule has 25 heavy (non-hydrogen) atoms. The summed E-state index contributed by atoms with van der Waals surface area (Å²) in [7, 11) is 3.64. The summed E-state index contributed by atoms with van der Waals surface area (Å²) >= 11 is 12.6. The predicted octanol–water partition coefficient (Wildman–Crippen LogP) is 5.40. The maximum atomic E-state index is 14.2. The van der Waals surface area contributed by atoms with Gasteiger partial charge in [0.1, 0.15) is 0 Å². The SMILES string of the molecule is COc1cc2c(cc1F)CCN(C)C2C1(c2ccc(Cl)cc2Cl)CC1. The van der Waals surface area contributed by atoms with Gasteiger partial charge in [-0.1, -0.05) is 29.3 Å². The maximum absolute atomic E-state index is 14.2. The van der Waals surface area contributed by atoms with Crippen LogP contribution in [0, 0.1) is 5.82 Å². The molecule has 0 amide bonds. The van der Waals surface area contributed by atoms with Crippen LogP contribution >= 0.6 is 23.2 Å². The Morgan fingerprint density at radius 1 is 1.20 bits per heavy atom. The van der Waals surface area contributed by atoms with Crippen molar-refractivity contribution in [2.24, 2.45) is 0 Å². The lowest BCUT2D eigenvalue weighted by molar-refractivity contribution is 0.186. The molecule has 2 aliphatic rings. The van der Waals surface area contributed by atoms with E-state index in [-0.39, 0.29) is 17.3 Å². The van der Waals surface area contributed by atoms with Gasteiger partial charge in [0.05, 0.1) is 7.11 Å². The highest BCUT2D eigenvalue weighted by molar-refractivity contribution is 6.35. The first-order valence-electron chi connectivity index (χ1n) is 8.48. The van der Waals surface area contributed by atoms with Crippen molar-refractivity contribution in [1.29, 1.82) is 0 Å². The summed E-state index contributed by atoms with van der Waals surface area (Å²) in [6, 6.07) is 9.42. The molecular weight excluding hydrogens is 360 g/mol. The molecule has 0 aromatic heterocycles. The van der Waals surface area contributed by atoms with Crippen LogP contribution in [0.5, 0.6) is 5.75 Å². The van der Waals surface area contributed by atoms with Crippen molar-refractivity contribution < 1.29 is 9.13 Å². The van der Waals surface area contributed by atoms with Crippen LogP contribution in [0.2, 0.25) is 10.0 Å². The van der Waals surface area contributed by atoms with E-state index < -0.39 is 0 Å². The third-order valence-electron chi connectivity index (χ3n) is 5.66. The Labute approximate surface area is 157 Å². The largest absolute Gasteiger partial charge is 0.494 e. The minimum absolute atomic E-state index is 0.0472. The van der Waals surface area contributed by atoms with Gasteiger partial charge in [-0.25, -0.2) is 4.39 Å². The first-order valence-corrected chi connectivity index (χ1v) is 9.24. The number of methoxy groups -OCH3 is 1. The topological polar surface area (TPSA) is 12.5 Å². The standard InChI is InChI=1S/C20H20Cl2FNO/c1-24-8-5-12-9-17(23)18(25-2)11-14(12)19(24)20(6-7-20)15-4-3-13(21)10-16(15)22/h3-4,9-11,19H,5-8H2,1-2H3. The summed E-state index contributed by atoms with van der Waals surface area (Å²) < 4.78 is 19.4. The van der Waals surface area contributed by atoms with E-state index in [9.17, 15) is 4.39 Å². The molecule has 5 heteroatoms. The van der Waals surface area contributed by atoms with Crippen molar-refractivity contribution in [1.82, 2.24) is 4.90 Å². The minimum Gasteiger partial charge on any atom is -0.494 e. The molecular formula is C20H20Cl2FNO. The second-order valence-electron chi connectivity index (χ2n) is 7.10. The highest BCUT2D eigenvalue weighted by Gasteiger charge is 2.54. The van der Waals surface area contributed by atoms with E-state index >= 15 is 0 Å². The van der Waals surface area contributed by atoms with Gasteiger partial charge < -0.3 is 4.74 Å². The highest BCUT2D eigenvalue weighted by Crippen LogP contribution is 2.61. The van der Waals surface area contributed by atoms with E-state index in [1.807, 2.05) is 24.3 Å². The Morgan fingerprint density at radius 2 is 1.96 bits per heavy atom. The molecule has 2 aromatic rings. The molecule has 2 aromatic carbocycles. The molecule has 0 spiro atoms. The fraction of sp³-hybridized carbons (Fsp3) is 0.400. The van der Waals surface area contributed by atoms with E-state index in [4.69, 9.17) is 27.9 Å². The Hall–Kier alpha value is -1.29. The molecule has 1 heterocycles. The van der Waals surface area contributed by atoms with E-state index in [0.717, 1.165) is 42.5 Å². The van der Waals surface area contributed by atoms with Gasteiger partial charge in [-0.3, -0.25) is 4.90 Å².